The molecule has 2 aromatic heterocycles. The first-order valence-corrected chi connectivity index (χ1v) is 7.70. The van der Waals surface area contributed by atoms with E-state index < -0.39 is 10.0 Å². The van der Waals surface area contributed by atoms with Gasteiger partial charge in [-0.1, -0.05) is 0 Å². The smallest absolute Gasteiger partial charge is 0.243 e. The maximum atomic E-state index is 12.0. The van der Waals surface area contributed by atoms with Gasteiger partial charge in [-0.25, -0.2) is 13.1 Å². The van der Waals surface area contributed by atoms with Crippen LogP contribution in [0.15, 0.2) is 29.6 Å². The van der Waals surface area contributed by atoms with Crippen molar-refractivity contribution in [1.82, 2.24) is 24.3 Å². The number of nitrogens with zero attached hydrogens (tertiary/aromatic N) is 4. The van der Waals surface area contributed by atoms with Crippen molar-refractivity contribution in [2.75, 3.05) is 13.1 Å². The van der Waals surface area contributed by atoms with E-state index in [1.807, 2.05) is 19.3 Å². The van der Waals surface area contributed by atoms with Gasteiger partial charge in [0.1, 0.15) is 4.90 Å². The fourth-order valence-corrected chi connectivity index (χ4v) is 2.72. The van der Waals surface area contributed by atoms with Crippen LogP contribution in [0.3, 0.4) is 0 Å². The van der Waals surface area contributed by atoms with E-state index >= 15 is 0 Å². The highest BCUT2D eigenvalue weighted by atomic mass is 32.2. The molecule has 9 heteroatoms. The molecule has 0 saturated carbocycles. The molecule has 2 rings (SSSR count). The molecule has 0 aliphatic carbocycles. The third kappa shape index (κ3) is 3.65. The second kappa shape index (κ2) is 6.16. The molecule has 8 nitrogen and oxygen atoms in total. The van der Waals surface area contributed by atoms with E-state index in [1.54, 1.807) is 4.68 Å². The predicted octanol–water partition coefficient (Wildman–Crippen LogP) is -0.904. The summed E-state index contributed by atoms with van der Waals surface area (Å²) < 4.78 is 29.8. The monoisotopic (exact) mass is 298 g/mol. The van der Waals surface area contributed by atoms with Gasteiger partial charge in [-0.05, 0) is 6.07 Å². The second-order valence-electron chi connectivity index (χ2n) is 4.36. The Hall–Kier alpha value is -1.71. The lowest BCUT2D eigenvalue weighted by atomic mass is 10.3. The van der Waals surface area contributed by atoms with E-state index in [4.69, 9.17) is 5.73 Å². The molecule has 0 atom stereocenters. The van der Waals surface area contributed by atoms with Crippen LogP contribution in [0.2, 0.25) is 0 Å². The maximum absolute atomic E-state index is 12.0. The van der Waals surface area contributed by atoms with E-state index in [9.17, 15) is 8.42 Å². The fraction of sp³-hybridized carbons (Fsp3) is 0.455. The lowest BCUT2D eigenvalue weighted by Gasteiger charge is -2.03. The molecule has 20 heavy (non-hydrogen) atoms. The number of hydrogen-bond acceptors (Lipinski definition) is 5. The fourth-order valence-electron chi connectivity index (χ4n) is 1.73. The molecule has 0 saturated heterocycles. The largest absolute Gasteiger partial charge is 0.329 e. The molecule has 0 unspecified atom stereocenters. The van der Waals surface area contributed by atoms with Gasteiger partial charge in [-0.3, -0.25) is 9.36 Å². The van der Waals surface area contributed by atoms with Crippen molar-refractivity contribution >= 4 is 10.0 Å². The van der Waals surface area contributed by atoms with Crippen molar-refractivity contribution < 1.29 is 8.42 Å². The van der Waals surface area contributed by atoms with E-state index in [0.29, 0.717) is 26.1 Å². The van der Waals surface area contributed by atoms with Crippen LogP contribution in [0.4, 0.5) is 0 Å². The van der Waals surface area contributed by atoms with Crippen molar-refractivity contribution in [3.63, 3.8) is 0 Å². The third-order valence-corrected chi connectivity index (χ3v) is 4.14. The quantitative estimate of drug-likeness (QED) is 0.688. The molecule has 0 aliphatic rings. The molecule has 0 spiro atoms. The third-order valence-electron chi connectivity index (χ3n) is 2.72. The summed E-state index contributed by atoms with van der Waals surface area (Å²) in [4.78, 5) is 0.145. The van der Waals surface area contributed by atoms with Crippen LogP contribution in [0.25, 0.3) is 0 Å². The van der Waals surface area contributed by atoms with Crippen LogP contribution in [-0.4, -0.2) is 41.1 Å². The zero-order chi connectivity index (χ0) is 14.6. The average Bonchev–Trinajstić information content (AvgIpc) is 2.99. The molecule has 0 bridgehead atoms. The predicted molar refractivity (Wildman–Crippen MR) is 73.4 cm³/mol. The summed E-state index contributed by atoms with van der Waals surface area (Å²) >= 11 is 0. The number of nitrogens with two attached hydrogens (primary N) is 1. The van der Waals surface area contributed by atoms with Gasteiger partial charge in [-0.2, -0.15) is 10.2 Å². The highest BCUT2D eigenvalue weighted by molar-refractivity contribution is 7.89. The lowest BCUT2D eigenvalue weighted by molar-refractivity contribution is 0.580. The number of aromatic nitrogens is 4. The Balaban J connectivity index is 1.92. The molecule has 0 fully saturated rings. The highest BCUT2D eigenvalue weighted by Crippen LogP contribution is 2.06. The lowest BCUT2D eigenvalue weighted by Crippen LogP contribution is -2.25. The summed E-state index contributed by atoms with van der Waals surface area (Å²) in [7, 11) is -1.71. The Labute approximate surface area is 117 Å². The summed E-state index contributed by atoms with van der Waals surface area (Å²) in [6, 6.07) is 1.85. The molecule has 110 valence electrons. The number of nitrogens with one attached hydrogen (secondary N) is 1. The van der Waals surface area contributed by atoms with Crippen molar-refractivity contribution in [1.29, 1.82) is 0 Å². The van der Waals surface area contributed by atoms with Gasteiger partial charge in [0, 0.05) is 39.0 Å². The number of sulfonamides is 1. The Morgan fingerprint density at radius 2 is 2.25 bits per heavy atom. The average molecular weight is 298 g/mol. The van der Waals surface area contributed by atoms with Crippen molar-refractivity contribution in [3.05, 3.63) is 30.4 Å². The number of hydrogen-bond donors (Lipinski definition) is 2. The van der Waals surface area contributed by atoms with E-state index in [0.717, 1.165) is 5.69 Å². The van der Waals surface area contributed by atoms with Crippen LogP contribution in [0.5, 0.6) is 0 Å². The Morgan fingerprint density at radius 3 is 2.90 bits per heavy atom. The van der Waals surface area contributed by atoms with Gasteiger partial charge < -0.3 is 5.73 Å². The number of rotatable bonds is 7. The molecule has 3 N–H and O–H groups in total. The first-order chi connectivity index (χ1) is 9.51. The summed E-state index contributed by atoms with van der Waals surface area (Å²) in [5.74, 6) is 0. The van der Waals surface area contributed by atoms with Gasteiger partial charge in [0.2, 0.25) is 10.0 Å². The zero-order valence-electron chi connectivity index (χ0n) is 11.2. The molecule has 2 aromatic rings. The van der Waals surface area contributed by atoms with Crippen LogP contribution in [0, 0.1) is 0 Å². The topological polar surface area (TPSA) is 108 Å². The normalized spacial score (nSPS) is 11.9. The van der Waals surface area contributed by atoms with Crippen molar-refractivity contribution in [3.8, 4) is 0 Å². The molecular weight excluding hydrogens is 280 g/mol. The molecule has 0 amide bonds. The van der Waals surface area contributed by atoms with Crippen LogP contribution in [-0.2, 0) is 30.0 Å². The molecular formula is C11H18N6O2S. The first kappa shape index (κ1) is 14.7. The minimum absolute atomic E-state index is 0.145. The van der Waals surface area contributed by atoms with Gasteiger partial charge in [-0.15, -0.1) is 0 Å². The zero-order valence-corrected chi connectivity index (χ0v) is 12.0. The number of aryl methyl sites for hydroxylation is 1. The standard InChI is InChI=1S/C11H18N6O2S/c1-16-6-3-10(15-16)2-5-14-20(18,19)11-8-13-17(9-11)7-4-12/h3,6,8-9,14H,2,4-5,7,12H2,1H3. The maximum Gasteiger partial charge on any atom is 0.243 e. The van der Waals surface area contributed by atoms with Crippen LogP contribution < -0.4 is 10.5 Å². The van der Waals surface area contributed by atoms with Crippen LogP contribution >= 0.6 is 0 Å². The van der Waals surface area contributed by atoms with E-state index in [-0.39, 0.29) is 4.90 Å². The summed E-state index contributed by atoms with van der Waals surface area (Å²) in [5, 5.41) is 8.13. The van der Waals surface area contributed by atoms with Gasteiger partial charge in [0.15, 0.2) is 0 Å². The summed E-state index contributed by atoms with van der Waals surface area (Å²) in [6.45, 7) is 1.19. The SMILES string of the molecule is Cn1ccc(CCNS(=O)(=O)c2cnn(CCN)c2)n1. The minimum Gasteiger partial charge on any atom is -0.329 e. The molecule has 0 aliphatic heterocycles. The van der Waals surface area contributed by atoms with Gasteiger partial charge in [0.25, 0.3) is 0 Å². The van der Waals surface area contributed by atoms with E-state index in [1.165, 1.54) is 17.1 Å². The van der Waals surface area contributed by atoms with Crippen molar-refractivity contribution in [2.45, 2.75) is 17.9 Å². The molecule has 2 heterocycles. The van der Waals surface area contributed by atoms with Gasteiger partial charge in [0.05, 0.1) is 18.4 Å². The van der Waals surface area contributed by atoms with Gasteiger partial charge >= 0.3 is 0 Å². The van der Waals surface area contributed by atoms with Crippen LogP contribution in [0.1, 0.15) is 5.69 Å². The minimum atomic E-state index is -3.53. The second-order valence-corrected chi connectivity index (χ2v) is 6.12. The Morgan fingerprint density at radius 1 is 1.45 bits per heavy atom. The molecule has 0 radical (unpaired) electrons. The Kier molecular flexibility index (Phi) is 4.53. The van der Waals surface area contributed by atoms with Crippen molar-refractivity contribution in [2.24, 2.45) is 12.8 Å². The summed E-state index contributed by atoms with van der Waals surface area (Å²) in [5.41, 5.74) is 6.23. The van der Waals surface area contributed by atoms with E-state index in [2.05, 4.69) is 14.9 Å². The first-order valence-electron chi connectivity index (χ1n) is 6.22. The Bertz CT molecular complexity index is 660. The molecule has 0 aromatic carbocycles. The highest BCUT2D eigenvalue weighted by Gasteiger charge is 2.15. The summed E-state index contributed by atoms with van der Waals surface area (Å²) in [6.07, 6.45) is 5.15.